The highest BCUT2D eigenvalue weighted by Crippen LogP contribution is 2.25. The third kappa shape index (κ3) is 8.43. The van der Waals surface area contributed by atoms with Gasteiger partial charge >= 0.3 is 0 Å². The molecule has 1 aromatic carbocycles. The lowest BCUT2D eigenvalue weighted by molar-refractivity contribution is 0.0203. The number of hydrogen-bond donors (Lipinski definition) is 2. The summed E-state index contributed by atoms with van der Waals surface area (Å²) in [6, 6.07) is 9.31. The topological polar surface area (TPSA) is 58.1 Å². The number of benzene rings is 1. The van der Waals surface area contributed by atoms with Crippen LogP contribution in [0.2, 0.25) is 0 Å². The Morgan fingerprint density at radius 1 is 1.16 bits per heavy atom. The predicted octanol–water partition coefficient (Wildman–Crippen LogP) is 3.52. The van der Waals surface area contributed by atoms with E-state index in [1.165, 1.54) is 37.1 Å². The van der Waals surface area contributed by atoms with Crippen molar-refractivity contribution in [3.05, 3.63) is 35.4 Å². The summed E-state index contributed by atoms with van der Waals surface area (Å²) in [5.41, 5.74) is 2.68. The number of rotatable bonds is 11. The highest BCUT2D eigenvalue weighted by molar-refractivity contribution is 5.79. The van der Waals surface area contributed by atoms with E-state index < -0.39 is 0 Å². The van der Waals surface area contributed by atoms with Gasteiger partial charge < -0.3 is 20.1 Å². The Bertz CT molecular complexity index is 637. The van der Waals surface area contributed by atoms with Crippen molar-refractivity contribution in [3.8, 4) is 0 Å². The SMILES string of the molecule is CCNC(=NCC(c1ccc(C)cc1)N1CCCC1)NCCCOCC1CCOCC1. The quantitative estimate of drug-likeness (QED) is 0.320. The van der Waals surface area contributed by atoms with Crippen LogP contribution in [0.5, 0.6) is 0 Å². The van der Waals surface area contributed by atoms with Gasteiger partial charge in [-0.05, 0) is 70.5 Å². The van der Waals surface area contributed by atoms with Gasteiger partial charge in [-0.2, -0.15) is 0 Å². The molecule has 0 bridgehead atoms. The first-order valence-corrected chi connectivity index (χ1v) is 12.2. The van der Waals surface area contributed by atoms with E-state index in [1.54, 1.807) is 0 Å². The van der Waals surface area contributed by atoms with E-state index in [4.69, 9.17) is 14.5 Å². The Morgan fingerprint density at radius 3 is 2.61 bits per heavy atom. The number of guanidine groups is 1. The summed E-state index contributed by atoms with van der Waals surface area (Å²) in [5.74, 6) is 1.58. The molecule has 0 saturated carbocycles. The molecule has 2 N–H and O–H groups in total. The van der Waals surface area contributed by atoms with Crippen LogP contribution in [0.3, 0.4) is 0 Å². The molecule has 0 spiro atoms. The lowest BCUT2D eigenvalue weighted by atomic mass is 10.0. The molecule has 0 aliphatic carbocycles. The molecule has 6 heteroatoms. The average Bonchev–Trinajstić information content (AvgIpc) is 3.32. The van der Waals surface area contributed by atoms with Gasteiger partial charge in [-0.25, -0.2) is 0 Å². The van der Waals surface area contributed by atoms with E-state index in [9.17, 15) is 0 Å². The van der Waals surface area contributed by atoms with Crippen molar-refractivity contribution in [2.24, 2.45) is 10.9 Å². The summed E-state index contributed by atoms with van der Waals surface area (Å²) < 4.78 is 11.3. The van der Waals surface area contributed by atoms with Crippen LogP contribution in [0.25, 0.3) is 0 Å². The molecule has 0 amide bonds. The number of nitrogens with one attached hydrogen (secondary N) is 2. The van der Waals surface area contributed by atoms with Crippen molar-refractivity contribution >= 4 is 5.96 Å². The van der Waals surface area contributed by atoms with E-state index in [-0.39, 0.29) is 0 Å². The summed E-state index contributed by atoms with van der Waals surface area (Å²) in [7, 11) is 0. The van der Waals surface area contributed by atoms with Gasteiger partial charge in [-0.1, -0.05) is 29.8 Å². The molecular formula is C25H42N4O2. The maximum absolute atomic E-state index is 5.89. The first-order chi connectivity index (χ1) is 15.3. The minimum absolute atomic E-state index is 0.348. The van der Waals surface area contributed by atoms with Gasteiger partial charge in [-0.15, -0.1) is 0 Å². The van der Waals surface area contributed by atoms with Crippen LogP contribution in [-0.4, -0.2) is 70.0 Å². The minimum atomic E-state index is 0.348. The zero-order chi connectivity index (χ0) is 21.7. The standard InChI is InChI=1S/C25H42N4O2/c1-3-26-25(27-13-6-16-31-20-22-11-17-30-18-12-22)28-19-24(29-14-4-5-15-29)23-9-7-21(2)8-10-23/h7-10,22,24H,3-6,11-20H2,1-2H3,(H2,26,27,28). The molecule has 3 rings (SSSR count). The van der Waals surface area contributed by atoms with Crippen LogP contribution >= 0.6 is 0 Å². The normalized spacial score (nSPS) is 19.5. The van der Waals surface area contributed by atoms with Crippen molar-refractivity contribution in [3.63, 3.8) is 0 Å². The van der Waals surface area contributed by atoms with Crippen LogP contribution in [0.15, 0.2) is 29.3 Å². The number of likely N-dealkylation sites (tertiary alicyclic amines) is 1. The molecule has 1 atom stereocenters. The van der Waals surface area contributed by atoms with Crippen molar-refractivity contribution in [1.82, 2.24) is 15.5 Å². The molecule has 174 valence electrons. The summed E-state index contributed by atoms with van der Waals surface area (Å²) >= 11 is 0. The van der Waals surface area contributed by atoms with Gasteiger partial charge in [0.2, 0.25) is 0 Å². The Balaban J connectivity index is 1.45. The number of hydrogen-bond acceptors (Lipinski definition) is 4. The molecule has 2 saturated heterocycles. The zero-order valence-electron chi connectivity index (χ0n) is 19.6. The molecule has 1 aromatic rings. The van der Waals surface area contributed by atoms with Crippen LogP contribution in [0, 0.1) is 12.8 Å². The van der Waals surface area contributed by atoms with E-state index in [1.807, 2.05) is 0 Å². The third-order valence-electron chi connectivity index (χ3n) is 6.26. The van der Waals surface area contributed by atoms with Crippen molar-refractivity contribution < 1.29 is 9.47 Å². The molecule has 1 unspecified atom stereocenters. The Morgan fingerprint density at radius 2 is 1.90 bits per heavy atom. The molecule has 2 aliphatic heterocycles. The van der Waals surface area contributed by atoms with Gasteiger partial charge in [0.1, 0.15) is 0 Å². The van der Waals surface area contributed by atoms with Crippen molar-refractivity contribution in [1.29, 1.82) is 0 Å². The molecule has 0 radical (unpaired) electrons. The lowest BCUT2D eigenvalue weighted by Gasteiger charge is -2.27. The van der Waals surface area contributed by atoms with Crippen LogP contribution in [-0.2, 0) is 9.47 Å². The second kappa shape index (κ2) is 13.7. The second-order valence-corrected chi connectivity index (χ2v) is 8.80. The summed E-state index contributed by atoms with van der Waals surface area (Å²) in [6.45, 7) is 12.6. The number of aryl methyl sites for hydroxylation is 1. The maximum Gasteiger partial charge on any atom is 0.191 e. The minimum Gasteiger partial charge on any atom is -0.381 e. The van der Waals surface area contributed by atoms with E-state index in [0.29, 0.717) is 12.0 Å². The highest BCUT2D eigenvalue weighted by Gasteiger charge is 2.23. The lowest BCUT2D eigenvalue weighted by Crippen LogP contribution is -2.39. The van der Waals surface area contributed by atoms with E-state index in [2.05, 4.69) is 53.6 Å². The van der Waals surface area contributed by atoms with Gasteiger partial charge in [0.05, 0.1) is 12.6 Å². The van der Waals surface area contributed by atoms with Crippen LogP contribution in [0.1, 0.15) is 56.2 Å². The molecule has 2 heterocycles. The van der Waals surface area contributed by atoms with Crippen molar-refractivity contribution in [2.75, 3.05) is 59.2 Å². The molecule has 2 fully saturated rings. The fourth-order valence-electron chi connectivity index (χ4n) is 4.34. The first-order valence-electron chi connectivity index (χ1n) is 12.2. The van der Waals surface area contributed by atoms with Gasteiger partial charge in [0, 0.05) is 39.5 Å². The Kier molecular flexibility index (Phi) is 10.6. The molecule has 31 heavy (non-hydrogen) atoms. The smallest absolute Gasteiger partial charge is 0.191 e. The Labute approximate surface area is 188 Å². The third-order valence-corrected chi connectivity index (χ3v) is 6.26. The molecule has 6 nitrogen and oxygen atoms in total. The number of aliphatic imine (C=N–C) groups is 1. The van der Waals surface area contributed by atoms with Crippen LogP contribution in [0.4, 0.5) is 0 Å². The van der Waals surface area contributed by atoms with Crippen LogP contribution < -0.4 is 10.6 Å². The van der Waals surface area contributed by atoms with E-state index in [0.717, 1.165) is 71.3 Å². The highest BCUT2D eigenvalue weighted by atomic mass is 16.5. The predicted molar refractivity (Wildman–Crippen MR) is 128 cm³/mol. The largest absolute Gasteiger partial charge is 0.381 e. The fraction of sp³-hybridized carbons (Fsp3) is 0.720. The fourth-order valence-corrected chi connectivity index (χ4v) is 4.34. The summed E-state index contributed by atoms with van der Waals surface area (Å²) in [4.78, 5) is 7.53. The molecular weight excluding hydrogens is 388 g/mol. The second-order valence-electron chi connectivity index (χ2n) is 8.80. The number of ether oxygens (including phenoxy) is 2. The van der Waals surface area contributed by atoms with E-state index >= 15 is 0 Å². The maximum atomic E-state index is 5.89. The van der Waals surface area contributed by atoms with Crippen molar-refractivity contribution in [2.45, 2.75) is 52.0 Å². The Hall–Kier alpha value is -1.63. The zero-order valence-corrected chi connectivity index (χ0v) is 19.6. The molecule has 0 aromatic heterocycles. The molecule has 2 aliphatic rings. The monoisotopic (exact) mass is 430 g/mol. The first kappa shape index (κ1) is 24.0. The van der Waals surface area contributed by atoms with Gasteiger partial charge in [0.25, 0.3) is 0 Å². The van der Waals surface area contributed by atoms with Gasteiger partial charge in [-0.3, -0.25) is 9.89 Å². The number of nitrogens with zero attached hydrogens (tertiary/aromatic N) is 2. The summed E-state index contributed by atoms with van der Waals surface area (Å²) in [6.07, 6.45) is 5.83. The average molecular weight is 431 g/mol. The van der Waals surface area contributed by atoms with Gasteiger partial charge in [0.15, 0.2) is 5.96 Å². The summed E-state index contributed by atoms with van der Waals surface area (Å²) in [5, 5.41) is 6.88.